The molecule has 0 bridgehead atoms. The van der Waals surface area contributed by atoms with Crippen LogP contribution in [0.1, 0.15) is 16.7 Å². The molecular weight excluding hydrogens is 417 g/mol. The van der Waals surface area contributed by atoms with Gasteiger partial charge >= 0.3 is 0 Å². The zero-order valence-electron chi connectivity index (χ0n) is 16.4. The first kappa shape index (κ1) is 20.4. The van der Waals surface area contributed by atoms with Crippen molar-refractivity contribution in [1.82, 2.24) is 4.98 Å². The van der Waals surface area contributed by atoms with Gasteiger partial charge in [-0.2, -0.15) is 0 Å². The van der Waals surface area contributed by atoms with E-state index in [0.717, 1.165) is 27.8 Å². The number of carbonyl (C=O) groups is 1. The molecule has 0 atom stereocenters. The summed E-state index contributed by atoms with van der Waals surface area (Å²) >= 11 is 12.4. The number of halogens is 2. The first-order valence-corrected chi connectivity index (χ1v) is 10.3. The molecule has 1 heterocycles. The monoisotopic (exact) mass is 435 g/mol. The van der Waals surface area contributed by atoms with Crippen LogP contribution in [0.3, 0.4) is 0 Å². The lowest BCUT2D eigenvalue weighted by Gasteiger charge is -2.10. The standard InChI is InChI=1S/C25H19Cl2NO2/c1-16-5-8-19(25-28-11-12-30-25)14-21(16)18-9-6-17(7-10-18)13-20(29)15-22-23(26)3-2-4-24(22)27/h2-12,14H,13,15H2,1H3. The van der Waals surface area contributed by atoms with Crippen LogP contribution < -0.4 is 0 Å². The highest BCUT2D eigenvalue weighted by molar-refractivity contribution is 6.36. The molecule has 0 saturated carbocycles. The van der Waals surface area contributed by atoms with E-state index in [2.05, 4.69) is 24.0 Å². The van der Waals surface area contributed by atoms with Crippen LogP contribution in [-0.2, 0) is 17.6 Å². The number of hydrogen-bond acceptors (Lipinski definition) is 3. The van der Waals surface area contributed by atoms with Crippen molar-refractivity contribution in [3.63, 3.8) is 0 Å². The van der Waals surface area contributed by atoms with E-state index in [-0.39, 0.29) is 12.2 Å². The lowest BCUT2D eigenvalue weighted by Crippen LogP contribution is -2.07. The molecular formula is C25H19Cl2NO2. The van der Waals surface area contributed by atoms with E-state index in [1.165, 1.54) is 0 Å². The third kappa shape index (κ3) is 4.48. The van der Waals surface area contributed by atoms with Gasteiger partial charge in [-0.25, -0.2) is 4.98 Å². The van der Waals surface area contributed by atoms with Gasteiger partial charge in [0.2, 0.25) is 5.89 Å². The molecule has 0 spiro atoms. The number of ketones is 1. The maximum absolute atomic E-state index is 12.5. The maximum Gasteiger partial charge on any atom is 0.225 e. The van der Waals surface area contributed by atoms with Gasteiger partial charge in [0.05, 0.1) is 6.20 Å². The fraction of sp³-hybridized carbons (Fsp3) is 0.120. The average molecular weight is 436 g/mol. The second-order valence-electron chi connectivity index (χ2n) is 7.16. The summed E-state index contributed by atoms with van der Waals surface area (Å²) in [6, 6.07) is 19.4. The summed E-state index contributed by atoms with van der Waals surface area (Å²) < 4.78 is 5.41. The normalized spacial score (nSPS) is 10.9. The minimum Gasteiger partial charge on any atom is -0.445 e. The van der Waals surface area contributed by atoms with Gasteiger partial charge in [-0.3, -0.25) is 4.79 Å². The second kappa shape index (κ2) is 8.86. The number of aromatic nitrogens is 1. The molecule has 0 aliphatic rings. The minimum absolute atomic E-state index is 0.0693. The number of Topliss-reactive ketones (excluding diaryl/α,β-unsaturated/α-hetero) is 1. The first-order chi connectivity index (χ1) is 14.5. The van der Waals surface area contributed by atoms with Crippen molar-refractivity contribution >= 4 is 29.0 Å². The Bertz CT molecular complexity index is 1160. The summed E-state index contributed by atoms with van der Waals surface area (Å²) in [6.45, 7) is 2.07. The summed E-state index contributed by atoms with van der Waals surface area (Å²) in [5, 5.41) is 1.04. The highest BCUT2D eigenvalue weighted by Crippen LogP contribution is 2.29. The molecule has 0 N–H and O–H groups in total. The Morgan fingerprint density at radius 3 is 2.30 bits per heavy atom. The van der Waals surface area contributed by atoms with Gasteiger partial charge in [0.25, 0.3) is 0 Å². The number of benzene rings is 3. The number of hydrogen-bond donors (Lipinski definition) is 0. The van der Waals surface area contributed by atoms with Crippen molar-refractivity contribution in [3.8, 4) is 22.6 Å². The zero-order chi connectivity index (χ0) is 21.1. The van der Waals surface area contributed by atoms with Gasteiger partial charge in [-0.15, -0.1) is 0 Å². The summed E-state index contributed by atoms with van der Waals surface area (Å²) in [7, 11) is 0. The van der Waals surface area contributed by atoms with E-state index in [1.54, 1.807) is 30.7 Å². The molecule has 0 aliphatic heterocycles. The highest BCUT2D eigenvalue weighted by Gasteiger charge is 2.12. The molecule has 30 heavy (non-hydrogen) atoms. The Balaban J connectivity index is 1.51. The number of aryl methyl sites for hydroxylation is 1. The van der Waals surface area contributed by atoms with E-state index in [9.17, 15) is 4.79 Å². The van der Waals surface area contributed by atoms with Crippen molar-refractivity contribution < 1.29 is 9.21 Å². The van der Waals surface area contributed by atoms with Crippen LogP contribution in [0.25, 0.3) is 22.6 Å². The largest absolute Gasteiger partial charge is 0.445 e. The minimum atomic E-state index is 0.0693. The van der Waals surface area contributed by atoms with E-state index >= 15 is 0 Å². The Kier molecular flexibility index (Phi) is 6.03. The molecule has 0 unspecified atom stereocenters. The second-order valence-corrected chi connectivity index (χ2v) is 7.97. The third-order valence-electron chi connectivity index (χ3n) is 5.02. The Morgan fingerprint density at radius 1 is 0.933 bits per heavy atom. The van der Waals surface area contributed by atoms with Crippen LogP contribution in [0.15, 0.2) is 77.5 Å². The molecule has 3 nitrogen and oxygen atoms in total. The van der Waals surface area contributed by atoms with Crippen LogP contribution in [0, 0.1) is 6.92 Å². The summed E-state index contributed by atoms with van der Waals surface area (Å²) in [5.74, 6) is 0.663. The molecule has 3 aromatic carbocycles. The lowest BCUT2D eigenvalue weighted by molar-refractivity contribution is -0.117. The quantitative estimate of drug-likeness (QED) is 0.328. The Morgan fingerprint density at radius 2 is 1.63 bits per heavy atom. The summed E-state index contributed by atoms with van der Waals surface area (Å²) in [5.41, 5.74) is 5.89. The van der Waals surface area contributed by atoms with Gasteiger partial charge in [0.1, 0.15) is 12.0 Å². The highest BCUT2D eigenvalue weighted by atomic mass is 35.5. The number of rotatable bonds is 6. The molecule has 0 amide bonds. The molecule has 150 valence electrons. The first-order valence-electron chi connectivity index (χ1n) is 9.55. The molecule has 0 fully saturated rings. The van der Waals surface area contributed by atoms with Crippen LogP contribution in [0.5, 0.6) is 0 Å². The van der Waals surface area contributed by atoms with Gasteiger partial charge in [0.15, 0.2) is 0 Å². The van der Waals surface area contributed by atoms with Gasteiger partial charge in [-0.05, 0) is 59.0 Å². The number of carbonyl (C=O) groups excluding carboxylic acids is 1. The predicted octanol–water partition coefficient (Wildman–Crippen LogP) is 6.98. The third-order valence-corrected chi connectivity index (χ3v) is 5.73. The van der Waals surface area contributed by atoms with Crippen molar-refractivity contribution in [2.75, 3.05) is 0 Å². The predicted molar refractivity (Wildman–Crippen MR) is 121 cm³/mol. The van der Waals surface area contributed by atoms with Crippen molar-refractivity contribution in [2.45, 2.75) is 19.8 Å². The Labute approximate surface area is 185 Å². The molecule has 4 aromatic rings. The van der Waals surface area contributed by atoms with Gasteiger partial charge in [0, 0.05) is 28.5 Å². The number of oxazole rings is 1. The molecule has 5 heteroatoms. The maximum atomic E-state index is 12.5. The zero-order valence-corrected chi connectivity index (χ0v) is 17.9. The SMILES string of the molecule is Cc1ccc(-c2ncco2)cc1-c1ccc(CC(=O)Cc2c(Cl)cccc2Cl)cc1. The number of nitrogens with zero attached hydrogens (tertiary/aromatic N) is 1. The van der Waals surface area contributed by atoms with Crippen LogP contribution >= 0.6 is 23.2 Å². The van der Waals surface area contributed by atoms with Gasteiger partial charge < -0.3 is 4.42 Å². The molecule has 0 saturated heterocycles. The van der Waals surface area contributed by atoms with E-state index in [1.807, 2.05) is 30.3 Å². The topological polar surface area (TPSA) is 43.1 Å². The molecule has 0 aliphatic carbocycles. The summed E-state index contributed by atoms with van der Waals surface area (Å²) in [4.78, 5) is 16.8. The fourth-order valence-electron chi connectivity index (χ4n) is 3.42. The Hall–Kier alpha value is -2.88. The lowest BCUT2D eigenvalue weighted by atomic mass is 9.96. The molecule has 4 rings (SSSR count). The van der Waals surface area contributed by atoms with Crippen LogP contribution in [0.2, 0.25) is 10.0 Å². The van der Waals surface area contributed by atoms with Crippen molar-refractivity contribution in [2.24, 2.45) is 0 Å². The van der Waals surface area contributed by atoms with E-state index in [4.69, 9.17) is 27.6 Å². The molecule has 1 aromatic heterocycles. The fourth-order valence-corrected chi connectivity index (χ4v) is 3.95. The van der Waals surface area contributed by atoms with Crippen LogP contribution in [0.4, 0.5) is 0 Å². The van der Waals surface area contributed by atoms with E-state index in [0.29, 0.717) is 27.9 Å². The average Bonchev–Trinajstić information content (AvgIpc) is 3.27. The van der Waals surface area contributed by atoms with Crippen LogP contribution in [-0.4, -0.2) is 10.8 Å². The smallest absolute Gasteiger partial charge is 0.225 e. The summed E-state index contributed by atoms with van der Waals surface area (Å²) in [6.07, 6.45) is 3.75. The molecule has 0 radical (unpaired) electrons. The van der Waals surface area contributed by atoms with Crippen molar-refractivity contribution in [1.29, 1.82) is 0 Å². The van der Waals surface area contributed by atoms with Gasteiger partial charge in [-0.1, -0.05) is 59.6 Å². The van der Waals surface area contributed by atoms with E-state index < -0.39 is 0 Å². The van der Waals surface area contributed by atoms with Crippen molar-refractivity contribution in [3.05, 3.63) is 99.9 Å².